The number of hydrogen-bond acceptors (Lipinski definition) is 2. The van der Waals surface area contributed by atoms with Crippen LogP contribution in [0.5, 0.6) is 0 Å². The summed E-state index contributed by atoms with van der Waals surface area (Å²) < 4.78 is 50.9. The van der Waals surface area contributed by atoms with Gasteiger partial charge in [0, 0.05) is 12.7 Å². The molecule has 0 saturated carbocycles. The Morgan fingerprint density at radius 1 is 1.37 bits per heavy atom. The van der Waals surface area contributed by atoms with E-state index < -0.39 is 18.4 Å². The highest BCUT2D eigenvalue weighted by Crippen LogP contribution is 2.37. The Hall–Kier alpha value is -1.63. The third-order valence-corrected chi connectivity index (χ3v) is 3.25. The molecule has 0 aromatic heterocycles. The lowest BCUT2D eigenvalue weighted by Crippen LogP contribution is -2.39. The molecule has 0 spiro atoms. The van der Waals surface area contributed by atoms with Gasteiger partial charge in [-0.15, -0.1) is 0 Å². The molecule has 2 N–H and O–H groups in total. The van der Waals surface area contributed by atoms with Gasteiger partial charge in [-0.05, 0) is 17.2 Å². The van der Waals surface area contributed by atoms with Crippen molar-refractivity contribution in [2.24, 2.45) is 5.73 Å². The number of fused-ring (bicyclic) bond motifs is 1. The first kappa shape index (κ1) is 13.8. The fourth-order valence-corrected chi connectivity index (χ4v) is 2.04. The highest BCUT2D eigenvalue weighted by Gasteiger charge is 2.47. The summed E-state index contributed by atoms with van der Waals surface area (Å²) in [6.45, 7) is 0. The second-order valence-electron chi connectivity index (χ2n) is 4.47. The molecule has 0 aliphatic carbocycles. The van der Waals surface area contributed by atoms with Crippen LogP contribution in [0.2, 0.25) is 0 Å². The summed E-state index contributed by atoms with van der Waals surface area (Å²) in [5.74, 6) is -4.48. The Labute approximate surface area is 107 Å². The van der Waals surface area contributed by atoms with Crippen molar-refractivity contribution in [3.63, 3.8) is 0 Å². The molecule has 1 aromatic rings. The summed E-state index contributed by atoms with van der Waals surface area (Å²) in [5.41, 5.74) is 6.21. The number of likely N-dealkylation sites (N-methyl/N-ethyl adjacent to an activating group) is 1. The molecule has 1 aliphatic rings. The molecule has 0 radical (unpaired) electrons. The Morgan fingerprint density at radius 2 is 2.00 bits per heavy atom. The van der Waals surface area contributed by atoms with Crippen LogP contribution in [0.4, 0.5) is 23.2 Å². The number of benzene rings is 1. The average Bonchev–Trinajstić information content (AvgIpc) is 2.63. The number of anilines is 1. The second kappa shape index (κ2) is 4.48. The van der Waals surface area contributed by atoms with Crippen LogP contribution < -0.4 is 10.6 Å². The number of carbonyl (C=O) groups is 1. The molecule has 1 unspecified atom stereocenters. The normalized spacial score (nSPS) is 17.0. The van der Waals surface area contributed by atoms with E-state index in [2.05, 4.69) is 0 Å². The van der Waals surface area contributed by atoms with E-state index in [4.69, 9.17) is 5.73 Å². The Bertz CT molecular complexity index is 518. The predicted octanol–water partition coefficient (Wildman–Crippen LogP) is 2.11. The van der Waals surface area contributed by atoms with Crippen molar-refractivity contribution in [2.45, 2.75) is 24.8 Å². The maximum atomic E-state index is 13.2. The lowest BCUT2D eigenvalue weighted by molar-refractivity contribution is -0.144. The standard InChI is InChI=1S/C12H12F4N2O/c1-18-8-3-2-6(4-7(8)5-9(18)19)10(17)12(15,16)11(13)14/h2-4,10-11H,5,17H2,1H3. The third kappa shape index (κ3) is 2.18. The SMILES string of the molecule is CN1C(=O)Cc2cc(C(N)C(F)(F)C(F)F)ccc21. The first-order valence-corrected chi connectivity index (χ1v) is 5.56. The summed E-state index contributed by atoms with van der Waals surface area (Å²) in [4.78, 5) is 12.8. The molecule has 104 valence electrons. The number of amides is 1. The van der Waals surface area contributed by atoms with E-state index in [1.165, 1.54) is 23.1 Å². The van der Waals surface area contributed by atoms with E-state index in [0.717, 1.165) is 0 Å². The summed E-state index contributed by atoms with van der Waals surface area (Å²) >= 11 is 0. The molecule has 19 heavy (non-hydrogen) atoms. The summed E-state index contributed by atoms with van der Waals surface area (Å²) in [7, 11) is 1.56. The van der Waals surface area contributed by atoms with Crippen molar-refractivity contribution >= 4 is 11.6 Å². The van der Waals surface area contributed by atoms with Crippen molar-refractivity contribution < 1.29 is 22.4 Å². The van der Waals surface area contributed by atoms with Gasteiger partial charge in [-0.1, -0.05) is 12.1 Å². The van der Waals surface area contributed by atoms with Crippen LogP contribution in [0.1, 0.15) is 17.2 Å². The Morgan fingerprint density at radius 3 is 2.58 bits per heavy atom. The van der Waals surface area contributed by atoms with E-state index in [0.29, 0.717) is 11.3 Å². The van der Waals surface area contributed by atoms with E-state index in [9.17, 15) is 22.4 Å². The second-order valence-corrected chi connectivity index (χ2v) is 4.47. The van der Waals surface area contributed by atoms with E-state index in [-0.39, 0.29) is 17.9 Å². The van der Waals surface area contributed by atoms with Crippen LogP contribution >= 0.6 is 0 Å². The smallest absolute Gasteiger partial charge is 0.319 e. The molecule has 1 amide bonds. The van der Waals surface area contributed by atoms with Crippen molar-refractivity contribution in [2.75, 3.05) is 11.9 Å². The van der Waals surface area contributed by atoms with Crippen LogP contribution in [0.3, 0.4) is 0 Å². The highest BCUT2D eigenvalue weighted by atomic mass is 19.3. The molecule has 1 aliphatic heterocycles. The van der Waals surface area contributed by atoms with Gasteiger partial charge >= 0.3 is 12.3 Å². The van der Waals surface area contributed by atoms with Crippen LogP contribution in [0.15, 0.2) is 18.2 Å². The minimum absolute atomic E-state index is 0.0621. The molecule has 0 fully saturated rings. The highest BCUT2D eigenvalue weighted by molar-refractivity contribution is 6.00. The molecule has 2 rings (SSSR count). The molecule has 1 aromatic carbocycles. The van der Waals surface area contributed by atoms with Crippen molar-refractivity contribution in [3.05, 3.63) is 29.3 Å². The first-order chi connectivity index (χ1) is 8.75. The number of hydrogen-bond donors (Lipinski definition) is 1. The summed E-state index contributed by atoms with van der Waals surface area (Å²) in [5, 5.41) is 0. The van der Waals surface area contributed by atoms with Gasteiger partial charge in [0.2, 0.25) is 5.91 Å². The van der Waals surface area contributed by atoms with E-state index >= 15 is 0 Å². The van der Waals surface area contributed by atoms with Gasteiger partial charge in [-0.2, -0.15) is 8.78 Å². The molecule has 0 saturated heterocycles. The quantitative estimate of drug-likeness (QED) is 0.859. The Balaban J connectivity index is 2.34. The van der Waals surface area contributed by atoms with E-state index in [1.807, 2.05) is 0 Å². The maximum Gasteiger partial charge on any atom is 0.326 e. The van der Waals surface area contributed by atoms with Crippen LogP contribution in [-0.4, -0.2) is 25.3 Å². The predicted molar refractivity (Wildman–Crippen MR) is 61.4 cm³/mol. The van der Waals surface area contributed by atoms with Gasteiger partial charge in [0.1, 0.15) is 6.04 Å². The molecule has 3 nitrogen and oxygen atoms in total. The van der Waals surface area contributed by atoms with Gasteiger partial charge in [0.25, 0.3) is 0 Å². The molecular weight excluding hydrogens is 264 g/mol. The molecule has 0 bridgehead atoms. The van der Waals surface area contributed by atoms with Gasteiger partial charge in [-0.3, -0.25) is 4.79 Å². The van der Waals surface area contributed by atoms with Crippen LogP contribution in [-0.2, 0) is 11.2 Å². The van der Waals surface area contributed by atoms with Crippen molar-refractivity contribution in [1.29, 1.82) is 0 Å². The fraction of sp³-hybridized carbons (Fsp3) is 0.417. The van der Waals surface area contributed by atoms with Crippen molar-refractivity contribution in [1.82, 2.24) is 0 Å². The lowest BCUT2D eigenvalue weighted by Gasteiger charge is -2.23. The van der Waals surface area contributed by atoms with Gasteiger partial charge in [0.05, 0.1) is 6.42 Å². The number of nitrogens with two attached hydrogens (primary N) is 1. The summed E-state index contributed by atoms with van der Waals surface area (Å²) in [6.07, 6.45) is -3.77. The third-order valence-electron chi connectivity index (χ3n) is 3.25. The Kier molecular flexibility index (Phi) is 3.25. The largest absolute Gasteiger partial charge is 0.326 e. The van der Waals surface area contributed by atoms with Gasteiger partial charge in [-0.25, -0.2) is 8.78 Å². The van der Waals surface area contributed by atoms with Gasteiger partial charge < -0.3 is 10.6 Å². The number of alkyl halides is 4. The first-order valence-electron chi connectivity index (χ1n) is 5.56. The van der Waals surface area contributed by atoms with Crippen LogP contribution in [0.25, 0.3) is 0 Å². The summed E-state index contributed by atoms with van der Waals surface area (Å²) in [6, 6.07) is 1.88. The molecular formula is C12H12F4N2O. The number of carbonyl (C=O) groups excluding carboxylic acids is 1. The maximum absolute atomic E-state index is 13.2. The zero-order chi connectivity index (χ0) is 14.4. The average molecular weight is 276 g/mol. The topological polar surface area (TPSA) is 46.3 Å². The van der Waals surface area contributed by atoms with Gasteiger partial charge in [0.15, 0.2) is 0 Å². The van der Waals surface area contributed by atoms with Crippen molar-refractivity contribution in [3.8, 4) is 0 Å². The van der Waals surface area contributed by atoms with Crippen LogP contribution in [0, 0.1) is 0 Å². The number of nitrogens with zero attached hydrogens (tertiary/aromatic N) is 1. The fourth-order valence-electron chi connectivity index (χ4n) is 2.04. The minimum atomic E-state index is -4.30. The zero-order valence-electron chi connectivity index (χ0n) is 10.0. The van der Waals surface area contributed by atoms with E-state index in [1.54, 1.807) is 7.05 Å². The monoisotopic (exact) mass is 276 g/mol. The zero-order valence-corrected chi connectivity index (χ0v) is 10.0. The number of rotatable bonds is 3. The molecule has 1 atom stereocenters. The minimum Gasteiger partial charge on any atom is -0.319 e. The number of halogens is 4. The lowest BCUT2D eigenvalue weighted by atomic mass is 9.98. The molecule has 7 heteroatoms. The molecule has 1 heterocycles.